The number of carbonyl (C=O) groups excluding carboxylic acids is 1. The molecule has 0 unspecified atom stereocenters. The fraction of sp³-hybridized carbons (Fsp3) is 0.450. The van der Waals surface area contributed by atoms with Crippen molar-refractivity contribution in [2.75, 3.05) is 36.6 Å². The van der Waals surface area contributed by atoms with Crippen LogP contribution in [0.3, 0.4) is 0 Å². The number of rotatable bonds is 12. The minimum atomic E-state index is -0.722. The number of furan rings is 1. The molecule has 0 fully saturated rings. The summed E-state index contributed by atoms with van der Waals surface area (Å²) in [5, 5.41) is 8.48. The van der Waals surface area contributed by atoms with Gasteiger partial charge in [-0.1, -0.05) is 25.1 Å². The van der Waals surface area contributed by atoms with Gasteiger partial charge >= 0.3 is 5.69 Å². The number of thioether (sulfide) groups is 1. The van der Waals surface area contributed by atoms with E-state index in [2.05, 4.69) is 15.2 Å². The monoisotopic (exact) mass is 477 g/mol. The van der Waals surface area contributed by atoms with Crippen LogP contribution in [0, 0.1) is 0 Å². The minimum absolute atomic E-state index is 0.0342. The number of nitrogens with zero attached hydrogens (tertiary/aromatic N) is 5. The van der Waals surface area contributed by atoms with E-state index >= 15 is 0 Å². The molecule has 0 aromatic carbocycles. The lowest BCUT2D eigenvalue weighted by Gasteiger charge is -2.24. The highest BCUT2D eigenvalue weighted by Crippen LogP contribution is 2.21. The van der Waals surface area contributed by atoms with E-state index in [9.17, 15) is 14.4 Å². The molecule has 3 rings (SSSR count). The summed E-state index contributed by atoms with van der Waals surface area (Å²) in [6.07, 6.45) is 4.65. The summed E-state index contributed by atoms with van der Waals surface area (Å²) in [5.41, 5.74) is 4.80. The Morgan fingerprint density at radius 1 is 1.39 bits per heavy atom. The lowest BCUT2D eigenvalue weighted by Crippen LogP contribution is -2.43. The first-order chi connectivity index (χ1) is 16.0. The van der Waals surface area contributed by atoms with E-state index in [1.165, 1.54) is 28.3 Å². The van der Waals surface area contributed by atoms with Crippen LogP contribution in [0.15, 0.2) is 43.9 Å². The number of nitrogen functional groups attached to an aromatic ring is 1. The zero-order chi connectivity index (χ0) is 23.8. The molecule has 13 heteroatoms. The summed E-state index contributed by atoms with van der Waals surface area (Å²) in [5.74, 6) is 0.251. The van der Waals surface area contributed by atoms with E-state index in [4.69, 9.17) is 14.9 Å². The fourth-order valence-corrected chi connectivity index (χ4v) is 3.95. The number of methoxy groups -OCH3 is 1. The molecule has 33 heavy (non-hydrogen) atoms. The molecule has 178 valence electrons. The second kappa shape index (κ2) is 11.5. The second-order valence-electron chi connectivity index (χ2n) is 7.15. The van der Waals surface area contributed by atoms with Gasteiger partial charge in [0.2, 0.25) is 5.91 Å². The number of aromatic nitrogens is 5. The quantitative estimate of drug-likeness (QED) is 0.362. The van der Waals surface area contributed by atoms with Crippen LogP contribution in [-0.4, -0.2) is 56.2 Å². The minimum Gasteiger partial charge on any atom is -0.467 e. The third kappa shape index (κ3) is 5.93. The van der Waals surface area contributed by atoms with Crippen LogP contribution >= 0.6 is 11.8 Å². The number of carbonyl (C=O) groups is 1. The van der Waals surface area contributed by atoms with Crippen LogP contribution in [0.4, 0.5) is 11.5 Å². The largest absolute Gasteiger partial charge is 0.467 e. The topological polar surface area (TPSA) is 154 Å². The van der Waals surface area contributed by atoms with Crippen LogP contribution in [-0.2, 0) is 22.6 Å². The third-order valence-corrected chi connectivity index (χ3v) is 5.82. The Kier molecular flexibility index (Phi) is 8.49. The first-order valence-corrected chi connectivity index (χ1v) is 11.4. The van der Waals surface area contributed by atoms with Crippen LogP contribution in [0.1, 0.15) is 25.5 Å². The van der Waals surface area contributed by atoms with Gasteiger partial charge in [-0.25, -0.2) is 4.79 Å². The molecule has 3 heterocycles. The fourth-order valence-electron chi connectivity index (χ4n) is 3.16. The standard InChI is InChI=1S/C20H27N7O5S/c1-3-4-7-27-17(21)16(18(29)23-19(27)30)26(8-10-31-2)15(28)12-33-20-24-22-13-25(20)11-14-6-5-9-32-14/h5-6,9,13H,3-4,7-8,10-12,21H2,1-2H3,(H,23,29,30). The van der Waals surface area contributed by atoms with Crippen LogP contribution in [0.25, 0.3) is 0 Å². The van der Waals surface area contributed by atoms with Crippen molar-refractivity contribution in [1.82, 2.24) is 24.3 Å². The number of hydrogen-bond acceptors (Lipinski definition) is 9. The first-order valence-electron chi connectivity index (χ1n) is 10.4. The zero-order valence-corrected chi connectivity index (χ0v) is 19.3. The maximum absolute atomic E-state index is 13.2. The molecule has 0 spiro atoms. The molecule has 3 aromatic rings. The number of ether oxygens (including phenoxy) is 1. The van der Waals surface area contributed by atoms with Crippen molar-refractivity contribution in [2.45, 2.75) is 38.0 Å². The Hall–Kier alpha value is -3.32. The summed E-state index contributed by atoms with van der Waals surface area (Å²) in [6.45, 7) is 3.00. The number of amides is 1. The summed E-state index contributed by atoms with van der Waals surface area (Å²) in [4.78, 5) is 41.6. The van der Waals surface area contributed by atoms with Crippen molar-refractivity contribution in [3.05, 3.63) is 51.3 Å². The Morgan fingerprint density at radius 2 is 2.21 bits per heavy atom. The predicted octanol–water partition coefficient (Wildman–Crippen LogP) is 0.923. The van der Waals surface area contributed by atoms with Crippen molar-refractivity contribution < 1.29 is 13.9 Å². The van der Waals surface area contributed by atoms with E-state index in [0.717, 1.165) is 12.2 Å². The first kappa shape index (κ1) is 24.3. The number of aromatic amines is 1. The molecule has 3 aromatic heterocycles. The molecule has 0 aliphatic heterocycles. The maximum atomic E-state index is 13.2. The summed E-state index contributed by atoms with van der Waals surface area (Å²) in [6, 6.07) is 3.61. The van der Waals surface area contributed by atoms with Gasteiger partial charge in [-0.3, -0.25) is 19.1 Å². The van der Waals surface area contributed by atoms with Gasteiger partial charge in [-0.05, 0) is 18.6 Å². The maximum Gasteiger partial charge on any atom is 0.330 e. The molecule has 1 amide bonds. The number of H-pyrrole nitrogens is 1. The number of anilines is 2. The van der Waals surface area contributed by atoms with Crippen molar-refractivity contribution >= 4 is 29.2 Å². The highest BCUT2D eigenvalue weighted by Gasteiger charge is 2.24. The van der Waals surface area contributed by atoms with E-state index in [1.54, 1.807) is 23.2 Å². The highest BCUT2D eigenvalue weighted by molar-refractivity contribution is 7.99. The van der Waals surface area contributed by atoms with Crippen molar-refractivity contribution in [3.63, 3.8) is 0 Å². The molecule has 0 saturated heterocycles. The average molecular weight is 478 g/mol. The molecule has 0 aliphatic rings. The van der Waals surface area contributed by atoms with Crippen LogP contribution in [0.2, 0.25) is 0 Å². The Balaban J connectivity index is 1.83. The van der Waals surface area contributed by atoms with Crippen molar-refractivity contribution in [3.8, 4) is 0 Å². The Bertz CT molecular complexity index is 1170. The summed E-state index contributed by atoms with van der Waals surface area (Å²) >= 11 is 1.17. The summed E-state index contributed by atoms with van der Waals surface area (Å²) in [7, 11) is 1.49. The van der Waals surface area contributed by atoms with Gasteiger partial charge in [0, 0.05) is 20.2 Å². The van der Waals surface area contributed by atoms with E-state index in [0.29, 0.717) is 24.7 Å². The summed E-state index contributed by atoms with van der Waals surface area (Å²) < 4.78 is 13.5. The Labute approximate surface area is 193 Å². The van der Waals surface area contributed by atoms with Crippen molar-refractivity contribution in [1.29, 1.82) is 0 Å². The van der Waals surface area contributed by atoms with Gasteiger partial charge in [0.15, 0.2) is 10.8 Å². The average Bonchev–Trinajstić information content (AvgIpc) is 3.46. The van der Waals surface area contributed by atoms with Gasteiger partial charge in [0.05, 0.1) is 25.2 Å². The van der Waals surface area contributed by atoms with E-state index in [1.807, 2.05) is 13.0 Å². The predicted molar refractivity (Wildman–Crippen MR) is 123 cm³/mol. The molecule has 0 radical (unpaired) electrons. The Morgan fingerprint density at radius 3 is 2.91 bits per heavy atom. The number of hydrogen-bond donors (Lipinski definition) is 2. The van der Waals surface area contributed by atoms with E-state index in [-0.39, 0.29) is 36.3 Å². The molecule has 12 nitrogen and oxygen atoms in total. The third-order valence-electron chi connectivity index (χ3n) is 4.85. The van der Waals surface area contributed by atoms with Crippen LogP contribution < -0.4 is 21.9 Å². The van der Waals surface area contributed by atoms with Crippen LogP contribution in [0.5, 0.6) is 0 Å². The SMILES string of the molecule is CCCCn1c(N)c(N(CCOC)C(=O)CSc2nncn2Cc2ccco2)c(=O)[nH]c1=O. The second-order valence-corrected chi connectivity index (χ2v) is 8.09. The molecular weight excluding hydrogens is 450 g/mol. The van der Waals surface area contributed by atoms with Crippen molar-refractivity contribution in [2.24, 2.45) is 0 Å². The molecule has 3 N–H and O–H groups in total. The van der Waals surface area contributed by atoms with Gasteiger partial charge in [0.25, 0.3) is 5.56 Å². The lowest BCUT2D eigenvalue weighted by molar-refractivity contribution is -0.116. The highest BCUT2D eigenvalue weighted by atomic mass is 32.2. The lowest BCUT2D eigenvalue weighted by atomic mass is 10.3. The molecule has 0 aliphatic carbocycles. The molecule has 0 bridgehead atoms. The molecular formula is C20H27N7O5S. The van der Waals surface area contributed by atoms with Gasteiger partial charge in [-0.15, -0.1) is 10.2 Å². The molecule has 0 atom stereocenters. The molecule has 0 saturated carbocycles. The number of unbranched alkanes of at least 4 members (excludes halogenated alkanes) is 1. The smallest absolute Gasteiger partial charge is 0.330 e. The number of nitrogens with two attached hydrogens (primary N) is 1. The van der Waals surface area contributed by atoms with Gasteiger partial charge in [0.1, 0.15) is 17.9 Å². The normalized spacial score (nSPS) is 11.1. The zero-order valence-electron chi connectivity index (χ0n) is 18.5. The number of nitrogens with one attached hydrogen (secondary N) is 1. The van der Waals surface area contributed by atoms with E-state index < -0.39 is 11.2 Å². The van der Waals surface area contributed by atoms with Gasteiger partial charge in [-0.2, -0.15) is 0 Å². The van der Waals surface area contributed by atoms with Gasteiger partial charge < -0.3 is 24.4 Å².